The highest BCUT2D eigenvalue weighted by Gasteiger charge is 2.10. The molecule has 1 N–H and O–H groups in total. The van der Waals surface area contributed by atoms with Crippen molar-refractivity contribution >= 4 is 33.2 Å². The number of nitrogens with one attached hydrogen (secondary N) is 1. The quantitative estimate of drug-likeness (QED) is 0.794. The lowest BCUT2D eigenvalue weighted by atomic mass is 10.1. The molecule has 0 saturated carbocycles. The van der Waals surface area contributed by atoms with Gasteiger partial charge in [-0.05, 0) is 42.8 Å². The fourth-order valence-electron chi connectivity index (χ4n) is 1.76. The molecule has 0 amide bonds. The van der Waals surface area contributed by atoms with Crippen LogP contribution in [-0.2, 0) is 0 Å². The van der Waals surface area contributed by atoms with Gasteiger partial charge in [0.2, 0.25) is 0 Å². The van der Waals surface area contributed by atoms with Gasteiger partial charge < -0.3 is 5.32 Å². The Morgan fingerprint density at radius 2 is 2.00 bits per heavy atom. The lowest BCUT2D eigenvalue weighted by Gasteiger charge is -2.17. The van der Waals surface area contributed by atoms with E-state index in [0.717, 1.165) is 15.7 Å². The lowest BCUT2D eigenvalue weighted by Crippen LogP contribution is -2.07. The Balaban J connectivity index is 2.19. The van der Waals surface area contributed by atoms with Gasteiger partial charge in [0.25, 0.3) is 0 Å². The SMILES string of the molecule is CC(Nc1cccc(Br)c1)c1ccc(F)cc1Cl. The van der Waals surface area contributed by atoms with E-state index in [2.05, 4.69) is 21.2 Å². The molecule has 4 heteroatoms. The van der Waals surface area contributed by atoms with Crippen molar-refractivity contribution in [1.29, 1.82) is 0 Å². The molecule has 0 radical (unpaired) electrons. The molecule has 2 rings (SSSR count). The monoisotopic (exact) mass is 327 g/mol. The van der Waals surface area contributed by atoms with Crippen LogP contribution in [0.25, 0.3) is 0 Å². The second kappa shape index (κ2) is 5.72. The van der Waals surface area contributed by atoms with Crippen molar-refractivity contribution in [2.24, 2.45) is 0 Å². The number of anilines is 1. The van der Waals surface area contributed by atoms with E-state index in [4.69, 9.17) is 11.6 Å². The number of rotatable bonds is 3. The predicted molar refractivity (Wildman–Crippen MR) is 77.6 cm³/mol. The van der Waals surface area contributed by atoms with E-state index in [1.54, 1.807) is 6.07 Å². The maximum absolute atomic E-state index is 13.0. The third kappa shape index (κ3) is 3.24. The van der Waals surface area contributed by atoms with Gasteiger partial charge in [-0.2, -0.15) is 0 Å². The van der Waals surface area contributed by atoms with E-state index in [-0.39, 0.29) is 11.9 Å². The number of halogens is 3. The van der Waals surface area contributed by atoms with Crippen molar-refractivity contribution < 1.29 is 4.39 Å². The van der Waals surface area contributed by atoms with Gasteiger partial charge in [0, 0.05) is 21.2 Å². The summed E-state index contributed by atoms with van der Waals surface area (Å²) < 4.78 is 14.0. The molecule has 0 saturated heterocycles. The molecule has 18 heavy (non-hydrogen) atoms. The van der Waals surface area contributed by atoms with E-state index in [9.17, 15) is 4.39 Å². The molecule has 0 aliphatic heterocycles. The van der Waals surface area contributed by atoms with Crippen molar-refractivity contribution in [1.82, 2.24) is 0 Å². The summed E-state index contributed by atoms with van der Waals surface area (Å²) in [6, 6.07) is 12.3. The minimum atomic E-state index is -0.321. The van der Waals surface area contributed by atoms with Gasteiger partial charge in [-0.15, -0.1) is 0 Å². The first-order valence-electron chi connectivity index (χ1n) is 5.53. The molecule has 2 aromatic rings. The first kappa shape index (κ1) is 13.4. The van der Waals surface area contributed by atoms with Gasteiger partial charge in [-0.3, -0.25) is 0 Å². The molecule has 0 aliphatic carbocycles. The van der Waals surface area contributed by atoms with Gasteiger partial charge >= 0.3 is 0 Å². The molecular formula is C14H12BrClFN. The molecule has 2 aromatic carbocycles. The maximum Gasteiger partial charge on any atom is 0.124 e. The normalized spacial score (nSPS) is 12.2. The molecule has 1 atom stereocenters. The second-order valence-corrected chi connectivity index (χ2v) is 5.37. The zero-order valence-electron chi connectivity index (χ0n) is 9.75. The third-order valence-corrected chi connectivity index (χ3v) is 3.46. The molecule has 94 valence electrons. The van der Waals surface area contributed by atoms with Crippen LogP contribution in [0.4, 0.5) is 10.1 Å². The van der Waals surface area contributed by atoms with Crippen LogP contribution >= 0.6 is 27.5 Å². The maximum atomic E-state index is 13.0. The van der Waals surface area contributed by atoms with Crippen LogP contribution in [-0.4, -0.2) is 0 Å². The van der Waals surface area contributed by atoms with E-state index >= 15 is 0 Å². The molecule has 0 heterocycles. The lowest BCUT2D eigenvalue weighted by molar-refractivity contribution is 0.626. The Bertz CT molecular complexity index is 559. The molecule has 0 spiro atoms. The second-order valence-electron chi connectivity index (χ2n) is 4.04. The third-order valence-electron chi connectivity index (χ3n) is 2.64. The highest BCUT2D eigenvalue weighted by molar-refractivity contribution is 9.10. The van der Waals surface area contributed by atoms with Crippen LogP contribution in [0.3, 0.4) is 0 Å². The average Bonchev–Trinajstić information content (AvgIpc) is 2.28. The number of benzene rings is 2. The summed E-state index contributed by atoms with van der Waals surface area (Å²) in [6.45, 7) is 1.99. The summed E-state index contributed by atoms with van der Waals surface area (Å²) in [5.74, 6) is -0.321. The zero-order valence-corrected chi connectivity index (χ0v) is 12.1. The van der Waals surface area contributed by atoms with Crippen LogP contribution in [0.1, 0.15) is 18.5 Å². The summed E-state index contributed by atoms with van der Waals surface area (Å²) in [5.41, 5.74) is 1.86. The van der Waals surface area contributed by atoms with Gasteiger partial charge in [0.15, 0.2) is 0 Å². The van der Waals surface area contributed by atoms with E-state index < -0.39 is 0 Å². The average molecular weight is 329 g/mol. The van der Waals surface area contributed by atoms with Gasteiger partial charge in [-0.25, -0.2) is 4.39 Å². The first-order chi connectivity index (χ1) is 8.56. The predicted octanol–water partition coefficient (Wildman–Crippen LogP) is 5.41. The molecular weight excluding hydrogens is 317 g/mol. The minimum Gasteiger partial charge on any atom is -0.378 e. The Morgan fingerprint density at radius 1 is 1.22 bits per heavy atom. The van der Waals surface area contributed by atoms with Gasteiger partial charge in [0.05, 0.1) is 0 Å². The molecule has 0 fully saturated rings. The molecule has 0 aliphatic rings. The number of hydrogen-bond acceptors (Lipinski definition) is 1. The molecule has 1 unspecified atom stereocenters. The fraction of sp³-hybridized carbons (Fsp3) is 0.143. The van der Waals surface area contributed by atoms with Crippen molar-refractivity contribution in [3.8, 4) is 0 Å². The smallest absolute Gasteiger partial charge is 0.124 e. The van der Waals surface area contributed by atoms with Crippen molar-refractivity contribution in [3.05, 3.63) is 63.3 Å². The van der Waals surface area contributed by atoms with E-state index in [0.29, 0.717) is 5.02 Å². The summed E-state index contributed by atoms with van der Waals surface area (Å²) in [5, 5.41) is 3.76. The Morgan fingerprint density at radius 3 is 2.67 bits per heavy atom. The van der Waals surface area contributed by atoms with Crippen LogP contribution in [0.2, 0.25) is 5.02 Å². The molecule has 0 bridgehead atoms. The summed E-state index contributed by atoms with van der Waals surface area (Å²) in [7, 11) is 0. The van der Waals surface area contributed by atoms with Crippen LogP contribution < -0.4 is 5.32 Å². The fourth-order valence-corrected chi connectivity index (χ4v) is 2.49. The minimum absolute atomic E-state index is 0.00685. The summed E-state index contributed by atoms with van der Waals surface area (Å²) in [4.78, 5) is 0. The highest BCUT2D eigenvalue weighted by atomic mass is 79.9. The first-order valence-corrected chi connectivity index (χ1v) is 6.70. The van der Waals surface area contributed by atoms with Crippen molar-refractivity contribution in [3.63, 3.8) is 0 Å². The highest BCUT2D eigenvalue weighted by Crippen LogP contribution is 2.27. The van der Waals surface area contributed by atoms with Crippen LogP contribution in [0, 0.1) is 5.82 Å². The Hall–Kier alpha value is -1.06. The molecule has 0 aromatic heterocycles. The number of hydrogen-bond donors (Lipinski definition) is 1. The van der Waals surface area contributed by atoms with E-state index in [1.807, 2.05) is 31.2 Å². The van der Waals surface area contributed by atoms with Crippen molar-refractivity contribution in [2.75, 3.05) is 5.32 Å². The Kier molecular flexibility index (Phi) is 4.25. The topological polar surface area (TPSA) is 12.0 Å². The summed E-state index contributed by atoms with van der Waals surface area (Å²) in [6.07, 6.45) is 0. The van der Waals surface area contributed by atoms with Crippen LogP contribution in [0.15, 0.2) is 46.9 Å². The van der Waals surface area contributed by atoms with Crippen LogP contribution in [0.5, 0.6) is 0 Å². The van der Waals surface area contributed by atoms with Gasteiger partial charge in [-0.1, -0.05) is 39.7 Å². The largest absolute Gasteiger partial charge is 0.378 e. The zero-order chi connectivity index (χ0) is 13.1. The molecule has 1 nitrogen and oxygen atoms in total. The van der Waals surface area contributed by atoms with Crippen molar-refractivity contribution in [2.45, 2.75) is 13.0 Å². The summed E-state index contributed by atoms with van der Waals surface area (Å²) >= 11 is 9.45. The van der Waals surface area contributed by atoms with E-state index in [1.165, 1.54) is 12.1 Å². The van der Waals surface area contributed by atoms with Gasteiger partial charge in [0.1, 0.15) is 5.82 Å². The Labute approximate surface area is 119 Å². The standard InChI is InChI=1S/C14H12BrClFN/c1-9(13-6-5-11(17)8-14(13)16)18-12-4-2-3-10(15)7-12/h2-9,18H,1H3.